The Bertz CT molecular complexity index is 432. The van der Waals surface area contributed by atoms with Crippen LogP contribution in [0.1, 0.15) is 29.7 Å². The topological polar surface area (TPSA) is 42.5 Å². The Labute approximate surface area is 109 Å². The van der Waals surface area contributed by atoms with Gasteiger partial charge in [0, 0.05) is 29.3 Å². The molecule has 0 bridgehead atoms. The molecule has 0 fully saturated rings. The van der Waals surface area contributed by atoms with Gasteiger partial charge >= 0.3 is 0 Å². The second kappa shape index (κ2) is 5.59. The molecule has 1 atom stereocenters. The molecule has 2 rings (SSSR count). The van der Waals surface area contributed by atoms with Crippen molar-refractivity contribution in [2.45, 2.75) is 25.9 Å². The summed E-state index contributed by atoms with van der Waals surface area (Å²) in [5.41, 5.74) is 3.68. The molecule has 1 heterocycles. The van der Waals surface area contributed by atoms with E-state index in [9.17, 15) is 0 Å². The number of ether oxygens (including phenoxy) is 2. The first-order chi connectivity index (χ1) is 8.72. The van der Waals surface area contributed by atoms with Gasteiger partial charge in [-0.15, -0.1) is 0 Å². The van der Waals surface area contributed by atoms with Gasteiger partial charge in [0.05, 0.1) is 14.2 Å². The average Bonchev–Trinajstić information content (AvgIpc) is 2.38. The van der Waals surface area contributed by atoms with Crippen molar-refractivity contribution in [2.75, 3.05) is 27.8 Å². The van der Waals surface area contributed by atoms with Gasteiger partial charge in [0.25, 0.3) is 0 Å². The summed E-state index contributed by atoms with van der Waals surface area (Å²) in [6, 6.07) is 2.39. The third-order valence-electron chi connectivity index (χ3n) is 3.51. The number of benzene rings is 1. The number of methoxy groups -OCH3 is 2. The van der Waals surface area contributed by atoms with E-state index in [1.165, 1.54) is 11.1 Å². The Morgan fingerprint density at radius 3 is 2.78 bits per heavy atom. The maximum Gasteiger partial charge on any atom is 0.127 e. The van der Waals surface area contributed by atoms with Crippen LogP contribution in [0.2, 0.25) is 0 Å². The van der Waals surface area contributed by atoms with E-state index in [2.05, 4.69) is 23.6 Å². The van der Waals surface area contributed by atoms with Crippen molar-refractivity contribution < 1.29 is 9.47 Å². The molecule has 0 amide bonds. The largest absolute Gasteiger partial charge is 0.496 e. The first-order valence-corrected chi connectivity index (χ1v) is 6.37. The zero-order chi connectivity index (χ0) is 13.1. The van der Waals surface area contributed by atoms with Gasteiger partial charge in [-0.25, -0.2) is 0 Å². The number of rotatable bonds is 4. The SMILES string of the molecule is CNCc1cc(OC)c2c(c1OC)CCNC2C. The van der Waals surface area contributed by atoms with E-state index >= 15 is 0 Å². The lowest BCUT2D eigenvalue weighted by atomic mass is 9.91. The highest BCUT2D eigenvalue weighted by Crippen LogP contribution is 2.40. The Morgan fingerprint density at radius 1 is 1.39 bits per heavy atom. The van der Waals surface area contributed by atoms with Crippen molar-refractivity contribution in [1.29, 1.82) is 0 Å². The van der Waals surface area contributed by atoms with Crippen molar-refractivity contribution >= 4 is 0 Å². The molecule has 1 aliphatic heterocycles. The predicted octanol–water partition coefficient (Wildman–Crippen LogP) is 1.63. The molecule has 0 aliphatic carbocycles. The fraction of sp³-hybridized carbons (Fsp3) is 0.571. The van der Waals surface area contributed by atoms with Crippen molar-refractivity contribution in [3.8, 4) is 11.5 Å². The van der Waals surface area contributed by atoms with Gasteiger partial charge in [-0.3, -0.25) is 0 Å². The fourth-order valence-electron chi connectivity index (χ4n) is 2.75. The molecule has 1 aromatic rings. The lowest BCUT2D eigenvalue weighted by Crippen LogP contribution is -2.29. The van der Waals surface area contributed by atoms with Crippen LogP contribution in [-0.4, -0.2) is 27.8 Å². The molecule has 0 saturated carbocycles. The summed E-state index contributed by atoms with van der Waals surface area (Å²) in [6.07, 6.45) is 0.983. The summed E-state index contributed by atoms with van der Waals surface area (Å²) in [5.74, 6) is 1.96. The highest BCUT2D eigenvalue weighted by Gasteiger charge is 2.25. The minimum Gasteiger partial charge on any atom is -0.496 e. The maximum atomic E-state index is 5.62. The van der Waals surface area contributed by atoms with Crippen molar-refractivity contribution in [3.05, 3.63) is 22.8 Å². The average molecular weight is 250 g/mol. The molecular weight excluding hydrogens is 228 g/mol. The first kappa shape index (κ1) is 13.2. The third-order valence-corrected chi connectivity index (χ3v) is 3.51. The summed E-state index contributed by atoms with van der Waals surface area (Å²) >= 11 is 0. The van der Waals surface area contributed by atoms with Crippen LogP contribution in [0.15, 0.2) is 6.07 Å². The van der Waals surface area contributed by atoms with Gasteiger partial charge in [0.15, 0.2) is 0 Å². The van der Waals surface area contributed by atoms with Crippen LogP contribution < -0.4 is 20.1 Å². The minimum atomic E-state index is 0.307. The molecule has 2 N–H and O–H groups in total. The van der Waals surface area contributed by atoms with Gasteiger partial charge in [0.2, 0.25) is 0 Å². The first-order valence-electron chi connectivity index (χ1n) is 6.37. The molecular formula is C14H22N2O2. The smallest absolute Gasteiger partial charge is 0.127 e. The fourth-order valence-corrected chi connectivity index (χ4v) is 2.75. The number of fused-ring (bicyclic) bond motifs is 1. The monoisotopic (exact) mass is 250 g/mol. The normalized spacial score (nSPS) is 18.3. The summed E-state index contributed by atoms with van der Waals surface area (Å²) in [4.78, 5) is 0. The standard InChI is InChI=1S/C14H22N2O2/c1-9-13-11(5-6-16-9)14(18-4)10(8-15-2)7-12(13)17-3/h7,9,15-16H,5-6,8H2,1-4H3. The molecule has 1 aliphatic rings. The molecule has 0 aromatic heterocycles. The predicted molar refractivity (Wildman–Crippen MR) is 72.4 cm³/mol. The molecule has 1 aromatic carbocycles. The summed E-state index contributed by atoms with van der Waals surface area (Å²) in [7, 11) is 5.41. The zero-order valence-corrected chi connectivity index (χ0v) is 11.6. The van der Waals surface area contributed by atoms with Crippen LogP contribution in [-0.2, 0) is 13.0 Å². The third kappa shape index (κ3) is 2.18. The van der Waals surface area contributed by atoms with Crippen molar-refractivity contribution in [2.24, 2.45) is 0 Å². The number of nitrogens with one attached hydrogen (secondary N) is 2. The van der Waals surface area contributed by atoms with E-state index in [1.54, 1.807) is 14.2 Å². The van der Waals surface area contributed by atoms with E-state index in [-0.39, 0.29) is 0 Å². The summed E-state index contributed by atoms with van der Waals surface area (Å²) in [5, 5.41) is 6.64. The van der Waals surface area contributed by atoms with E-state index < -0.39 is 0 Å². The van der Waals surface area contributed by atoms with Gasteiger partial charge in [0.1, 0.15) is 11.5 Å². The Balaban J connectivity index is 2.60. The molecule has 4 heteroatoms. The highest BCUT2D eigenvalue weighted by atomic mass is 16.5. The Morgan fingerprint density at radius 2 is 2.17 bits per heavy atom. The van der Waals surface area contributed by atoms with Crippen LogP contribution in [0, 0.1) is 0 Å². The van der Waals surface area contributed by atoms with Crippen LogP contribution in [0.25, 0.3) is 0 Å². The van der Waals surface area contributed by atoms with Gasteiger partial charge < -0.3 is 20.1 Å². The van der Waals surface area contributed by atoms with E-state index in [1.807, 2.05) is 7.05 Å². The molecule has 0 saturated heterocycles. The summed E-state index contributed by atoms with van der Waals surface area (Å²) in [6.45, 7) is 3.93. The van der Waals surface area contributed by atoms with E-state index in [4.69, 9.17) is 9.47 Å². The second-order valence-electron chi connectivity index (χ2n) is 4.62. The van der Waals surface area contributed by atoms with Crippen molar-refractivity contribution in [1.82, 2.24) is 10.6 Å². The molecule has 1 unspecified atom stereocenters. The van der Waals surface area contributed by atoms with Gasteiger partial charge in [-0.1, -0.05) is 0 Å². The Kier molecular flexibility index (Phi) is 4.09. The molecule has 0 radical (unpaired) electrons. The lowest BCUT2D eigenvalue weighted by Gasteiger charge is -2.29. The van der Waals surface area contributed by atoms with E-state index in [0.717, 1.165) is 36.6 Å². The van der Waals surface area contributed by atoms with Crippen LogP contribution in [0.3, 0.4) is 0 Å². The maximum absolute atomic E-state index is 5.62. The van der Waals surface area contributed by atoms with Crippen LogP contribution in [0.5, 0.6) is 11.5 Å². The lowest BCUT2D eigenvalue weighted by molar-refractivity contribution is 0.375. The molecule has 4 nitrogen and oxygen atoms in total. The number of hydrogen-bond donors (Lipinski definition) is 2. The van der Waals surface area contributed by atoms with E-state index in [0.29, 0.717) is 6.04 Å². The van der Waals surface area contributed by atoms with Crippen LogP contribution >= 0.6 is 0 Å². The number of hydrogen-bond acceptors (Lipinski definition) is 4. The quantitative estimate of drug-likeness (QED) is 0.852. The van der Waals surface area contributed by atoms with Gasteiger partial charge in [-0.05, 0) is 33.0 Å². The minimum absolute atomic E-state index is 0.307. The van der Waals surface area contributed by atoms with Crippen LogP contribution in [0.4, 0.5) is 0 Å². The molecule has 100 valence electrons. The van der Waals surface area contributed by atoms with Crippen molar-refractivity contribution in [3.63, 3.8) is 0 Å². The van der Waals surface area contributed by atoms with Gasteiger partial charge in [-0.2, -0.15) is 0 Å². The highest BCUT2D eigenvalue weighted by molar-refractivity contribution is 5.56. The molecule has 0 spiro atoms. The zero-order valence-electron chi connectivity index (χ0n) is 11.6. The second-order valence-corrected chi connectivity index (χ2v) is 4.62. The molecule has 18 heavy (non-hydrogen) atoms. The Hall–Kier alpha value is -1.26. The summed E-state index contributed by atoms with van der Waals surface area (Å²) < 4.78 is 11.2.